The minimum Gasteiger partial charge on any atom is -0.456 e. The molecule has 0 aliphatic carbocycles. The van der Waals surface area contributed by atoms with Crippen LogP contribution in [0.5, 0.6) is 11.5 Å². The maximum Gasteiger partial charge on any atom is 0.145 e. The number of nitrogens with one attached hydrogen (secondary N) is 1. The van der Waals surface area contributed by atoms with E-state index in [1.165, 1.54) is 5.56 Å². The number of rotatable bonds is 6. The molecule has 0 amide bonds. The van der Waals surface area contributed by atoms with Crippen LogP contribution in [0, 0.1) is 6.92 Å². The summed E-state index contributed by atoms with van der Waals surface area (Å²) in [5.74, 6) is 1.62. The van der Waals surface area contributed by atoms with E-state index >= 15 is 0 Å². The van der Waals surface area contributed by atoms with Crippen LogP contribution < -0.4 is 10.1 Å². The fourth-order valence-corrected chi connectivity index (χ4v) is 2.19. The molecule has 0 bridgehead atoms. The molecule has 1 atom stereocenters. The maximum absolute atomic E-state index is 5.86. The first-order chi connectivity index (χ1) is 9.72. The Morgan fingerprint density at radius 1 is 1.15 bits per heavy atom. The molecule has 1 aromatic carbocycles. The maximum atomic E-state index is 5.86. The molecule has 0 fully saturated rings. The van der Waals surface area contributed by atoms with Gasteiger partial charge in [-0.2, -0.15) is 0 Å². The highest BCUT2D eigenvalue weighted by atomic mass is 16.5. The lowest BCUT2D eigenvalue weighted by Crippen LogP contribution is -2.19. The van der Waals surface area contributed by atoms with Crippen LogP contribution in [-0.2, 0) is 0 Å². The molecule has 1 unspecified atom stereocenters. The summed E-state index contributed by atoms with van der Waals surface area (Å²) in [5, 5.41) is 3.48. The van der Waals surface area contributed by atoms with Crippen molar-refractivity contribution < 1.29 is 4.74 Å². The third kappa shape index (κ3) is 3.81. The van der Waals surface area contributed by atoms with Crippen molar-refractivity contribution in [2.24, 2.45) is 0 Å². The largest absolute Gasteiger partial charge is 0.456 e. The number of hydrogen-bond donors (Lipinski definition) is 1. The van der Waals surface area contributed by atoms with Crippen molar-refractivity contribution in [3.63, 3.8) is 0 Å². The SMILES string of the molecule is CCNC(CC)c1cccc(Oc2ccc(C)nc2)c1. The van der Waals surface area contributed by atoms with E-state index in [0.717, 1.165) is 30.2 Å². The van der Waals surface area contributed by atoms with Crippen LogP contribution in [0.25, 0.3) is 0 Å². The predicted molar refractivity (Wildman–Crippen MR) is 82.2 cm³/mol. The van der Waals surface area contributed by atoms with Crippen LogP contribution in [0.4, 0.5) is 0 Å². The molecule has 0 spiro atoms. The Morgan fingerprint density at radius 3 is 2.65 bits per heavy atom. The van der Waals surface area contributed by atoms with Gasteiger partial charge < -0.3 is 10.1 Å². The molecular formula is C17H22N2O. The van der Waals surface area contributed by atoms with Gasteiger partial charge in [0.25, 0.3) is 0 Å². The molecule has 0 aliphatic rings. The number of nitrogens with zero attached hydrogens (tertiary/aromatic N) is 1. The minimum atomic E-state index is 0.375. The topological polar surface area (TPSA) is 34.1 Å². The van der Waals surface area contributed by atoms with Crippen LogP contribution in [0.3, 0.4) is 0 Å². The predicted octanol–water partition coefficient (Wildman–Crippen LogP) is 4.24. The molecule has 0 aliphatic heterocycles. The molecular weight excluding hydrogens is 248 g/mol. The van der Waals surface area contributed by atoms with Crippen molar-refractivity contribution in [2.75, 3.05) is 6.54 Å². The zero-order chi connectivity index (χ0) is 14.4. The van der Waals surface area contributed by atoms with E-state index in [1.807, 2.05) is 31.2 Å². The van der Waals surface area contributed by atoms with Gasteiger partial charge in [-0.1, -0.05) is 26.0 Å². The summed E-state index contributed by atoms with van der Waals surface area (Å²) in [7, 11) is 0. The highest BCUT2D eigenvalue weighted by molar-refractivity contribution is 5.34. The summed E-state index contributed by atoms with van der Waals surface area (Å²) < 4.78 is 5.86. The van der Waals surface area contributed by atoms with Crippen LogP contribution in [0.1, 0.15) is 37.6 Å². The second-order valence-electron chi connectivity index (χ2n) is 4.83. The van der Waals surface area contributed by atoms with Crippen LogP contribution in [-0.4, -0.2) is 11.5 Å². The summed E-state index contributed by atoms with van der Waals surface area (Å²) in [5.41, 5.74) is 2.25. The van der Waals surface area contributed by atoms with Gasteiger partial charge in [-0.05, 0) is 49.7 Å². The van der Waals surface area contributed by atoms with E-state index in [-0.39, 0.29) is 0 Å². The first kappa shape index (κ1) is 14.5. The summed E-state index contributed by atoms with van der Waals surface area (Å²) in [4.78, 5) is 4.24. The van der Waals surface area contributed by atoms with E-state index in [4.69, 9.17) is 4.74 Å². The Morgan fingerprint density at radius 2 is 2.00 bits per heavy atom. The molecule has 1 N–H and O–H groups in total. The van der Waals surface area contributed by atoms with E-state index < -0.39 is 0 Å². The fourth-order valence-electron chi connectivity index (χ4n) is 2.19. The standard InChI is InChI=1S/C17H22N2O/c1-4-17(18-5-2)14-7-6-8-15(11-14)20-16-10-9-13(3)19-12-16/h6-12,17-18H,4-5H2,1-3H3. The van der Waals surface area contributed by atoms with Crippen LogP contribution >= 0.6 is 0 Å². The molecule has 1 aromatic heterocycles. The van der Waals surface area contributed by atoms with Crippen molar-refractivity contribution in [2.45, 2.75) is 33.2 Å². The van der Waals surface area contributed by atoms with Gasteiger partial charge in [0.05, 0.1) is 6.20 Å². The molecule has 0 radical (unpaired) electrons. The van der Waals surface area contributed by atoms with Gasteiger partial charge in [-0.15, -0.1) is 0 Å². The summed E-state index contributed by atoms with van der Waals surface area (Å²) in [6.45, 7) is 7.24. The van der Waals surface area contributed by atoms with E-state index in [0.29, 0.717) is 6.04 Å². The molecule has 2 aromatic rings. The Bertz CT molecular complexity index is 537. The van der Waals surface area contributed by atoms with Gasteiger partial charge in [-0.25, -0.2) is 0 Å². The van der Waals surface area contributed by atoms with E-state index in [2.05, 4.69) is 36.3 Å². The highest BCUT2D eigenvalue weighted by Crippen LogP contribution is 2.25. The van der Waals surface area contributed by atoms with Crippen molar-refractivity contribution in [1.29, 1.82) is 0 Å². The third-order valence-electron chi connectivity index (χ3n) is 3.24. The normalized spacial score (nSPS) is 12.2. The molecule has 3 heteroatoms. The quantitative estimate of drug-likeness (QED) is 0.852. The molecule has 0 saturated carbocycles. The van der Waals surface area contributed by atoms with Crippen molar-refractivity contribution in [3.8, 4) is 11.5 Å². The summed E-state index contributed by atoms with van der Waals surface area (Å²) in [6.07, 6.45) is 2.81. The van der Waals surface area contributed by atoms with Gasteiger partial charge in [0.1, 0.15) is 11.5 Å². The van der Waals surface area contributed by atoms with Crippen LogP contribution in [0.15, 0.2) is 42.6 Å². The monoisotopic (exact) mass is 270 g/mol. The highest BCUT2D eigenvalue weighted by Gasteiger charge is 2.08. The van der Waals surface area contributed by atoms with Gasteiger partial charge in [0, 0.05) is 11.7 Å². The van der Waals surface area contributed by atoms with Crippen LogP contribution in [0.2, 0.25) is 0 Å². The number of aromatic nitrogens is 1. The molecule has 2 rings (SSSR count). The van der Waals surface area contributed by atoms with Crippen molar-refractivity contribution >= 4 is 0 Å². The Kier molecular flexibility index (Phi) is 5.13. The van der Waals surface area contributed by atoms with E-state index in [9.17, 15) is 0 Å². The van der Waals surface area contributed by atoms with Crippen molar-refractivity contribution in [3.05, 3.63) is 53.9 Å². The van der Waals surface area contributed by atoms with Gasteiger partial charge in [0.15, 0.2) is 0 Å². The number of benzene rings is 1. The molecule has 20 heavy (non-hydrogen) atoms. The minimum absolute atomic E-state index is 0.375. The molecule has 1 heterocycles. The zero-order valence-electron chi connectivity index (χ0n) is 12.4. The Hall–Kier alpha value is -1.87. The van der Waals surface area contributed by atoms with Gasteiger partial charge in [-0.3, -0.25) is 4.98 Å². The Balaban J connectivity index is 2.14. The number of ether oxygens (including phenoxy) is 1. The Labute approximate surface area is 121 Å². The average molecular weight is 270 g/mol. The molecule has 0 saturated heterocycles. The molecule has 3 nitrogen and oxygen atoms in total. The van der Waals surface area contributed by atoms with Gasteiger partial charge in [0.2, 0.25) is 0 Å². The lowest BCUT2D eigenvalue weighted by atomic mass is 10.0. The number of aryl methyl sites for hydroxylation is 1. The van der Waals surface area contributed by atoms with Crippen molar-refractivity contribution in [1.82, 2.24) is 10.3 Å². The van der Waals surface area contributed by atoms with E-state index in [1.54, 1.807) is 6.20 Å². The summed E-state index contributed by atoms with van der Waals surface area (Å²) in [6, 6.07) is 12.5. The lowest BCUT2D eigenvalue weighted by Gasteiger charge is -2.17. The molecule has 106 valence electrons. The van der Waals surface area contributed by atoms with Gasteiger partial charge >= 0.3 is 0 Å². The lowest BCUT2D eigenvalue weighted by molar-refractivity contribution is 0.475. The summed E-state index contributed by atoms with van der Waals surface area (Å²) >= 11 is 0. The zero-order valence-corrected chi connectivity index (χ0v) is 12.4. The average Bonchev–Trinajstić information content (AvgIpc) is 2.47. The fraction of sp³-hybridized carbons (Fsp3) is 0.353. The second kappa shape index (κ2) is 7.06. The number of hydrogen-bond acceptors (Lipinski definition) is 3. The first-order valence-corrected chi connectivity index (χ1v) is 7.16. The smallest absolute Gasteiger partial charge is 0.145 e. The third-order valence-corrected chi connectivity index (χ3v) is 3.24. The second-order valence-corrected chi connectivity index (χ2v) is 4.83. The number of pyridine rings is 1. The first-order valence-electron chi connectivity index (χ1n) is 7.16.